The number of hydrogen-bond acceptors (Lipinski definition) is 1. The molecule has 0 saturated heterocycles. The zero-order valence-electron chi connectivity index (χ0n) is 8.58. The molecule has 14 heavy (non-hydrogen) atoms. The van der Waals surface area contributed by atoms with Crippen molar-refractivity contribution in [2.75, 3.05) is 0 Å². The van der Waals surface area contributed by atoms with E-state index in [1.54, 1.807) is 0 Å². The molecule has 0 aliphatic heterocycles. The van der Waals surface area contributed by atoms with E-state index < -0.39 is 0 Å². The molecule has 0 aliphatic rings. The first-order valence-electron chi connectivity index (χ1n) is 4.73. The smallest absolute Gasteiger partial charge is 0.178 e. The van der Waals surface area contributed by atoms with Crippen LogP contribution in [-0.4, -0.2) is 9.55 Å². The zero-order valence-corrected chi connectivity index (χ0v) is 10.2. The first-order valence-corrected chi connectivity index (χ1v) is 5.53. The van der Waals surface area contributed by atoms with Gasteiger partial charge in [0.1, 0.15) is 0 Å². The summed E-state index contributed by atoms with van der Waals surface area (Å²) in [5.41, 5.74) is 3.50. The van der Waals surface area contributed by atoms with Crippen molar-refractivity contribution in [3.63, 3.8) is 0 Å². The van der Waals surface area contributed by atoms with Crippen LogP contribution in [0.4, 0.5) is 0 Å². The van der Waals surface area contributed by atoms with E-state index in [0.717, 1.165) is 10.3 Å². The molecule has 0 unspecified atom stereocenters. The second-order valence-corrected chi connectivity index (χ2v) is 4.55. The number of fused-ring (bicyclic) bond motifs is 1. The van der Waals surface area contributed by atoms with E-state index in [9.17, 15) is 0 Å². The molecular weight excluding hydrogens is 240 g/mol. The van der Waals surface area contributed by atoms with Gasteiger partial charge in [-0.25, -0.2) is 4.98 Å². The number of aromatic nitrogens is 2. The Bertz CT molecular complexity index is 471. The average Bonchev–Trinajstić information content (AvgIpc) is 2.39. The lowest BCUT2D eigenvalue weighted by Gasteiger charge is -2.09. The Morgan fingerprint density at radius 2 is 2.07 bits per heavy atom. The number of benzene rings is 1. The summed E-state index contributed by atoms with van der Waals surface area (Å²) in [6.07, 6.45) is 0. The van der Waals surface area contributed by atoms with Crippen LogP contribution in [0.3, 0.4) is 0 Å². The van der Waals surface area contributed by atoms with Gasteiger partial charge in [-0.05, 0) is 54.4 Å². The van der Waals surface area contributed by atoms with Gasteiger partial charge < -0.3 is 4.57 Å². The molecular formula is C11H13BrN2. The minimum atomic E-state index is 0.428. The highest BCUT2D eigenvalue weighted by atomic mass is 79.9. The summed E-state index contributed by atoms with van der Waals surface area (Å²) in [4.78, 5) is 4.47. The summed E-state index contributed by atoms with van der Waals surface area (Å²) >= 11 is 3.49. The molecule has 74 valence electrons. The highest BCUT2D eigenvalue weighted by Crippen LogP contribution is 2.24. The monoisotopic (exact) mass is 252 g/mol. The second kappa shape index (κ2) is 3.39. The first kappa shape index (κ1) is 9.71. The van der Waals surface area contributed by atoms with Gasteiger partial charge in [0.2, 0.25) is 0 Å². The quantitative estimate of drug-likeness (QED) is 0.757. The van der Waals surface area contributed by atoms with Crippen LogP contribution in [0.2, 0.25) is 0 Å². The van der Waals surface area contributed by atoms with Gasteiger partial charge in [-0.2, -0.15) is 0 Å². The fourth-order valence-corrected chi connectivity index (χ4v) is 2.46. The van der Waals surface area contributed by atoms with Crippen molar-refractivity contribution < 1.29 is 0 Å². The van der Waals surface area contributed by atoms with Crippen molar-refractivity contribution in [1.82, 2.24) is 9.55 Å². The predicted octanol–water partition coefficient (Wildman–Crippen LogP) is 3.69. The van der Waals surface area contributed by atoms with Crippen LogP contribution in [0.1, 0.15) is 25.5 Å². The number of nitrogens with zero attached hydrogens (tertiary/aromatic N) is 2. The molecule has 0 bridgehead atoms. The van der Waals surface area contributed by atoms with Gasteiger partial charge in [0.05, 0.1) is 11.0 Å². The van der Waals surface area contributed by atoms with Crippen molar-refractivity contribution >= 4 is 27.0 Å². The standard InChI is InChI=1S/C11H13BrN2/c1-7(2)14-10-5-4-8(3)6-9(10)13-11(14)12/h4-7H,1-3H3. The number of aryl methyl sites for hydroxylation is 1. The Labute approximate surface area is 92.1 Å². The summed E-state index contributed by atoms with van der Waals surface area (Å²) in [5, 5.41) is 0. The molecule has 3 heteroatoms. The van der Waals surface area contributed by atoms with E-state index in [2.05, 4.69) is 64.5 Å². The van der Waals surface area contributed by atoms with Crippen molar-refractivity contribution in [2.45, 2.75) is 26.8 Å². The Kier molecular flexibility index (Phi) is 2.35. The van der Waals surface area contributed by atoms with Crippen LogP contribution in [0.15, 0.2) is 22.9 Å². The molecule has 0 radical (unpaired) electrons. The van der Waals surface area contributed by atoms with Crippen LogP contribution < -0.4 is 0 Å². The lowest BCUT2D eigenvalue weighted by Crippen LogP contribution is -2.00. The fourth-order valence-electron chi connectivity index (χ4n) is 1.67. The van der Waals surface area contributed by atoms with Gasteiger partial charge in [0.15, 0.2) is 4.73 Å². The maximum absolute atomic E-state index is 4.47. The van der Waals surface area contributed by atoms with E-state index in [0.29, 0.717) is 6.04 Å². The van der Waals surface area contributed by atoms with Gasteiger partial charge in [-0.1, -0.05) is 6.07 Å². The third kappa shape index (κ3) is 1.46. The Hall–Kier alpha value is -0.830. The third-order valence-electron chi connectivity index (χ3n) is 2.32. The highest BCUT2D eigenvalue weighted by molar-refractivity contribution is 9.10. The molecule has 0 aliphatic carbocycles. The van der Waals surface area contributed by atoms with Crippen LogP contribution in [0.25, 0.3) is 11.0 Å². The number of imidazole rings is 1. The van der Waals surface area contributed by atoms with Gasteiger partial charge in [0.25, 0.3) is 0 Å². The van der Waals surface area contributed by atoms with E-state index in [1.165, 1.54) is 11.1 Å². The summed E-state index contributed by atoms with van der Waals surface area (Å²) in [6.45, 7) is 6.40. The molecule has 1 aromatic carbocycles. The summed E-state index contributed by atoms with van der Waals surface area (Å²) in [6, 6.07) is 6.79. The predicted molar refractivity (Wildman–Crippen MR) is 62.6 cm³/mol. The fraction of sp³-hybridized carbons (Fsp3) is 0.364. The van der Waals surface area contributed by atoms with E-state index in [-0.39, 0.29) is 0 Å². The van der Waals surface area contributed by atoms with E-state index >= 15 is 0 Å². The SMILES string of the molecule is Cc1ccc2c(c1)nc(Br)n2C(C)C. The molecule has 0 saturated carbocycles. The average molecular weight is 253 g/mol. The van der Waals surface area contributed by atoms with Gasteiger partial charge in [-0.3, -0.25) is 0 Å². The number of rotatable bonds is 1. The molecule has 1 aromatic heterocycles. The lowest BCUT2D eigenvalue weighted by atomic mass is 10.2. The van der Waals surface area contributed by atoms with Crippen LogP contribution in [0.5, 0.6) is 0 Å². The van der Waals surface area contributed by atoms with Gasteiger partial charge >= 0.3 is 0 Å². The maximum atomic E-state index is 4.47. The lowest BCUT2D eigenvalue weighted by molar-refractivity contribution is 0.604. The Morgan fingerprint density at radius 3 is 2.71 bits per heavy atom. The first-order chi connectivity index (χ1) is 6.59. The molecule has 2 aromatic rings. The second-order valence-electron chi connectivity index (χ2n) is 3.84. The van der Waals surface area contributed by atoms with Crippen LogP contribution in [-0.2, 0) is 0 Å². The third-order valence-corrected chi connectivity index (χ3v) is 2.88. The summed E-state index contributed by atoms with van der Waals surface area (Å²) in [7, 11) is 0. The topological polar surface area (TPSA) is 17.8 Å². The van der Waals surface area contributed by atoms with Crippen molar-refractivity contribution in [3.8, 4) is 0 Å². The van der Waals surface area contributed by atoms with E-state index in [1.807, 2.05) is 0 Å². The van der Waals surface area contributed by atoms with Gasteiger partial charge in [-0.15, -0.1) is 0 Å². The zero-order chi connectivity index (χ0) is 10.3. The minimum absolute atomic E-state index is 0.428. The molecule has 0 N–H and O–H groups in total. The molecule has 0 amide bonds. The summed E-state index contributed by atoms with van der Waals surface area (Å²) in [5.74, 6) is 0. The molecule has 0 atom stereocenters. The van der Waals surface area contributed by atoms with Gasteiger partial charge in [0, 0.05) is 6.04 Å². The highest BCUT2D eigenvalue weighted by Gasteiger charge is 2.10. The van der Waals surface area contributed by atoms with Crippen LogP contribution in [0, 0.1) is 6.92 Å². The van der Waals surface area contributed by atoms with Crippen molar-refractivity contribution in [2.24, 2.45) is 0 Å². The summed E-state index contributed by atoms with van der Waals surface area (Å²) < 4.78 is 3.10. The Balaban J connectivity index is 2.77. The van der Waals surface area contributed by atoms with Crippen molar-refractivity contribution in [1.29, 1.82) is 0 Å². The number of halogens is 1. The molecule has 0 fully saturated rings. The Morgan fingerprint density at radius 1 is 1.36 bits per heavy atom. The maximum Gasteiger partial charge on any atom is 0.178 e. The minimum Gasteiger partial charge on any atom is -0.316 e. The van der Waals surface area contributed by atoms with Crippen molar-refractivity contribution in [3.05, 3.63) is 28.5 Å². The molecule has 2 rings (SSSR count). The van der Waals surface area contributed by atoms with Crippen LogP contribution >= 0.6 is 15.9 Å². The number of hydrogen-bond donors (Lipinski definition) is 0. The molecule has 1 heterocycles. The molecule has 2 nitrogen and oxygen atoms in total. The van der Waals surface area contributed by atoms with E-state index in [4.69, 9.17) is 0 Å². The normalized spacial score (nSPS) is 11.5. The molecule has 0 spiro atoms. The largest absolute Gasteiger partial charge is 0.316 e.